The second-order valence-corrected chi connectivity index (χ2v) is 9.22. The summed E-state index contributed by atoms with van der Waals surface area (Å²) in [6, 6.07) is 14.7. The Balaban J connectivity index is 1.55. The molecule has 0 fully saturated rings. The standard InChI is InChI=1S/C22H28N2O5S/c1-3-7-17-10-12-18(13-11-17)28-15-14-23-22(25)21-16-24(30(26,27)4-2)19-8-5-6-9-20(19)29-21/h5-6,8-13,21H,3-4,7,14-16H2,1-2H3,(H,23,25)/t21-/m1/s1. The Morgan fingerprint density at radius 1 is 1.17 bits per heavy atom. The number of benzene rings is 2. The summed E-state index contributed by atoms with van der Waals surface area (Å²) >= 11 is 0. The number of sulfonamides is 1. The van der Waals surface area contributed by atoms with Crippen molar-refractivity contribution in [2.75, 3.05) is 29.8 Å². The van der Waals surface area contributed by atoms with Gasteiger partial charge in [-0.05, 0) is 43.2 Å². The molecular formula is C22H28N2O5S. The van der Waals surface area contributed by atoms with Crippen LogP contribution < -0.4 is 19.1 Å². The Labute approximate surface area is 178 Å². The number of amides is 1. The molecule has 0 saturated carbocycles. The second kappa shape index (κ2) is 9.84. The molecule has 30 heavy (non-hydrogen) atoms. The summed E-state index contributed by atoms with van der Waals surface area (Å²) in [7, 11) is -3.52. The molecule has 0 unspecified atom stereocenters. The molecule has 0 bridgehead atoms. The minimum atomic E-state index is -3.52. The van der Waals surface area contributed by atoms with Gasteiger partial charge in [0.2, 0.25) is 10.0 Å². The van der Waals surface area contributed by atoms with Gasteiger partial charge in [-0.1, -0.05) is 37.6 Å². The summed E-state index contributed by atoms with van der Waals surface area (Å²) in [5, 5.41) is 2.76. The summed E-state index contributed by atoms with van der Waals surface area (Å²) < 4.78 is 37.6. The third-order valence-electron chi connectivity index (χ3n) is 4.86. The fourth-order valence-corrected chi connectivity index (χ4v) is 4.38. The number of nitrogens with one attached hydrogen (secondary N) is 1. The van der Waals surface area contributed by atoms with Gasteiger partial charge in [-0.15, -0.1) is 0 Å². The van der Waals surface area contributed by atoms with Crippen molar-refractivity contribution in [1.82, 2.24) is 5.32 Å². The fourth-order valence-electron chi connectivity index (χ4n) is 3.26. The topological polar surface area (TPSA) is 84.9 Å². The summed E-state index contributed by atoms with van der Waals surface area (Å²) in [5.41, 5.74) is 1.72. The number of aryl methyl sites for hydroxylation is 1. The van der Waals surface area contributed by atoms with Crippen LogP contribution >= 0.6 is 0 Å². The molecule has 1 N–H and O–H groups in total. The summed E-state index contributed by atoms with van der Waals surface area (Å²) in [6.45, 7) is 4.25. The number of carbonyl (C=O) groups excluding carboxylic acids is 1. The average Bonchev–Trinajstić information content (AvgIpc) is 2.77. The third-order valence-corrected chi connectivity index (χ3v) is 6.61. The smallest absolute Gasteiger partial charge is 0.263 e. The summed E-state index contributed by atoms with van der Waals surface area (Å²) in [5.74, 6) is 0.694. The lowest BCUT2D eigenvalue weighted by Gasteiger charge is -2.34. The maximum Gasteiger partial charge on any atom is 0.263 e. The van der Waals surface area contributed by atoms with Crippen LogP contribution in [0.25, 0.3) is 0 Å². The monoisotopic (exact) mass is 432 g/mol. The molecule has 0 aromatic heterocycles. The van der Waals surface area contributed by atoms with Crippen molar-refractivity contribution in [2.24, 2.45) is 0 Å². The molecule has 2 aromatic rings. The predicted molar refractivity (Wildman–Crippen MR) is 117 cm³/mol. The molecule has 162 valence electrons. The van der Waals surface area contributed by atoms with E-state index in [0.717, 1.165) is 18.6 Å². The molecule has 3 rings (SSSR count). The molecule has 0 spiro atoms. The van der Waals surface area contributed by atoms with Gasteiger partial charge in [0.15, 0.2) is 6.10 Å². The van der Waals surface area contributed by atoms with E-state index in [4.69, 9.17) is 9.47 Å². The first-order chi connectivity index (χ1) is 14.4. The number of para-hydroxylation sites is 2. The summed E-state index contributed by atoms with van der Waals surface area (Å²) in [6.07, 6.45) is 1.21. The number of carbonyl (C=O) groups is 1. The number of ether oxygens (including phenoxy) is 2. The quantitative estimate of drug-likeness (QED) is 0.616. The molecular weight excluding hydrogens is 404 g/mol. The zero-order valence-electron chi connectivity index (χ0n) is 17.3. The van der Waals surface area contributed by atoms with E-state index in [1.54, 1.807) is 31.2 Å². The number of hydrogen-bond acceptors (Lipinski definition) is 5. The lowest BCUT2D eigenvalue weighted by atomic mass is 10.1. The zero-order chi connectivity index (χ0) is 21.6. The van der Waals surface area contributed by atoms with Gasteiger partial charge in [-0.3, -0.25) is 9.10 Å². The average molecular weight is 433 g/mol. The predicted octanol–water partition coefficient (Wildman–Crippen LogP) is 2.75. The SMILES string of the molecule is CCCc1ccc(OCCNC(=O)[C@H]2CN(S(=O)(=O)CC)c3ccccc3O2)cc1. The first kappa shape index (κ1) is 22.0. The Morgan fingerprint density at radius 3 is 2.60 bits per heavy atom. The number of fused-ring (bicyclic) bond motifs is 1. The van der Waals surface area contributed by atoms with E-state index >= 15 is 0 Å². The van der Waals surface area contributed by atoms with Crippen LogP contribution in [0.5, 0.6) is 11.5 Å². The lowest BCUT2D eigenvalue weighted by molar-refractivity contribution is -0.127. The van der Waals surface area contributed by atoms with E-state index in [-0.39, 0.29) is 24.7 Å². The molecule has 1 heterocycles. The van der Waals surface area contributed by atoms with Crippen molar-refractivity contribution in [3.8, 4) is 11.5 Å². The molecule has 1 aliphatic rings. The molecule has 7 nitrogen and oxygen atoms in total. The molecule has 0 aliphatic carbocycles. The van der Waals surface area contributed by atoms with Gasteiger partial charge in [0.05, 0.1) is 24.5 Å². The highest BCUT2D eigenvalue weighted by atomic mass is 32.2. The van der Waals surface area contributed by atoms with Crippen molar-refractivity contribution >= 4 is 21.6 Å². The first-order valence-corrected chi connectivity index (χ1v) is 11.8. The first-order valence-electron chi connectivity index (χ1n) is 10.2. The van der Waals surface area contributed by atoms with Crippen LogP contribution in [0.15, 0.2) is 48.5 Å². The largest absolute Gasteiger partial charge is 0.492 e. The van der Waals surface area contributed by atoms with Crippen LogP contribution in [-0.4, -0.2) is 45.9 Å². The highest BCUT2D eigenvalue weighted by molar-refractivity contribution is 7.92. The summed E-state index contributed by atoms with van der Waals surface area (Å²) in [4.78, 5) is 12.6. The molecule has 0 radical (unpaired) electrons. The van der Waals surface area contributed by atoms with Crippen molar-refractivity contribution in [3.05, 3.63) is 54.1 Å². The van der Waals surface area contributed by atoms with Crippen molar-refractivity contribution in [2.45, 2.75) is 32.8 Å². The van der Waals surface area contributed by atoms with Gasteiger partial charge in [0.1, 0.15) is 18.1 Å². The van der Waals surface area contributed by atoms with E-state index in [1.807, 2.05) is 24.3 Å². The van der Waals surface area contributed by atoms with E-state index in [0.29, 0.717) is 18.0 Å². The highest BCUT2D eigenvalue weighted by Gasteiger charge is 2.35. The molecule has 1 amide bonds. The van der Waals surface area contributed by atoms with Gasteiger partial charge in [0, 0.05) is 0 Å². The maximum atomic E-state index is 12.6. The van der Waals surface area contributed by atoms with Crippen molar-refractivity contribution in [3.63, 3.8) is 0 Å². The van der Waals surface area contributed by atoms with Gasteiger partial charge in [-0.25, -0.2) is 8.42 Å². The van der Waals surface area contributed by atoms with Gasteiger partial charge in [-0.2, -0.15) is 0 Å². The number of hydrogen-bond donors (Lipinski definition) is 1. The normalized spacial score (nSPS) is 15.8. The van der Waals surface area contributed by atoms with Crippen LogP contribution in [0.2, 0.25) is 0 Å². The number of nitrogens with zero attached hydrogens (tertiary/aromatic N) is 1. The maximum absolute atomic E-state index is 12.6. The van der Waals surface area contributed by atoms with Crippen LogP contribution in [-0.2, 0) is 21.2 Å². The molecule has 0 saturated heterocycles. The van der Waals surface area contributed by atoms with Crippen molar-refractivity contribution < 1.29 is 22.7 Å². The van der Waals surface area contributed by atoms with Gasteiger partial charge >= 0.3 is 0 Å². The van der Waals surface area contributed by atoms with E-state index in [2.05, 4.69) is 12.2 Å². The molecule has 2 aromatic carbocycles. The van der Waals surface area contributed by atoms with E-state index < -0.39 is 16.1 Å². The van der Waals surface area contributed by atoms with E-state index in [9.17, 15) is 13.2 Å². The third kappa shape index (κ3) is 5.24. The Morgan fingerprint density at radius 2 is 1.90 bits per heavy atom. The molecule has 8 heteroatoms. The van der Waals surface area contributed by atoms with Crippen LogP contribution in [0.3, 0.4) is 0 Å². The Kier molecular flexibility index (Phi) is 7.20. The minimum Gasteiger partial charge on any atom is -0.492 e. The minimum absolute atomic E-state index is 0.0550. The molecule has 1 aliphatic heterocycles. The van der Waals surface area contributed by atoms with E-state index in [1.165, 1.54) is 9.87 Å². The van der Waals surface area contributed by atoms with Gasteiger partial charge in [0.25, 0.3) is 5.91 Å². The van der Waals surface area contributed by atoms with Crippen molar-refractivity contribution in [1.29, 1.82) is 0 Å². The Bertz CT molecular complexity index is 960. The zero-order valence-corrected chi connectivity index (χ0v) is 18.2. The van der Waals surface area contributed by atoms with Crippen LogP contribution in [0.4, 0.5) is 5.69 Å². The Hall–Kier alpha value is -2.74. The number of anilines is 1. The lowest BCUT2D eigenvalue weighted by Crippen LogP contribution is -2.51. The van der Waals surface area contributed by atoms with Crippen LogP contribution in [0.1, 0.15) is 25.8 Å². The molecule has 1 atom stereocenters. The van der Waals surface area contributed by atoms with Crippen LogP contribution in [0, 0.1) is 0 Å². The fraction of sp³-hybridized carbons (Fsp3) is 0.409. The van der Waals surface area contributed by atoms with Gasteiger partial charge < -0.3 is 14.8 Å². The second-order valence-electron chi connectivity index (χ2n) is 7.04. The number of rotatable bonds is 9. The highest BCUT2D eigenvalue weighted by Crippen LogP contribution is 2.35.